The summed E-state index contributed by atoms with van der Waals surface area (Å²) in [6.45, 7) is 0. The van der Waals surface area contributed by atoms with Gasteiger partial charge < -0.3 is 0 Å². The van der Waals surface area contributed by atoms with Crippen molar-refractivity contribution in [3.05, 3.63) is 192 Å². The fourth-order valence-electron chi connectivity index (χ4n) is 12.0. The molecule has 0 bridgehead atoms. The lowest BCUT2D eigenvalue weighted by atomic mass is 9.77. The average Bonchev–Trinajstić information content (AvgIpc) is 3.29. The van der Waals surface area contributed by atoms with E-state index in [0.29, 0.717) is 0 Å². The summed E-state index contributed by atoms with van der Waals surface area (Å²) in [5, 5.41) is 28.1. The maximum Gasteiger partial charge on any atom is -0.00132 e. The van der Waals surface area contributed by atoms with Crippen LogP contribution in [0.2, 0.25) is 0 Å². The van der Waals surface area contributed by atoms with Crippen LogP contribution in [0.3, 0.4) is 0 Å². The van der Waals surface area contributed by atoms with Crippen molar-refractivity contribution in [1.29, 1.82) is 0 Å². The van der Waals surface area contributed by atoms with E-state index in [9.17, 15) is 0 Å². The van der Waals surface area contributed by atoms with Gasteiger partial charge in [0.05, 0.1) is 0 Å². The highest BCUT2D eigenvalue weighted by atomic mass is 14.3. The maximum absolute atomic E-state index is 2.39. The summed E-state index contributed by atoms with van der Waals surface area (Å²) in [4.78, 5) is 0. The van der Waals surface area contributed by atoms with Gasteiger partial charge in [0.2, 0.25) is 0 Å². The number of hydrogen-bond acceptors (Lipinski definition) is 0. The highest BCUT2D eigenvalue weighted by Gasteiger charge is 2.26. The SMILES string of the molecule is c1cc2ccc3ccc4ccc5ccc6ccc1c1c2c3c4c5c61.c1ccc2c(c1)Cc1ccc3c4ccc5c6c(ccc(c7ccc-2c1c37)c64)-c1ccccc1C5. The zero-order valence-corrected chi connectivity index (χ0v) is 31.6. The van der Waals surface area contributed by atoms with E-state index in [4.69, 9.17) is 0 Å². The van der Waals surface area contributed by atoms with E-state index in [1.54, 1.807) is 0 Å². The third-order valence-electron chi connectivity index (χ3n) is 14.3. The van der Waals surface area contributed by atoms with Crippen LogP contribution in [0.25, 0.3) is 130 Å². The van der Waals surface area contributed by atoms with Gasteiger partial charge >= 0.3 is 0 Å². The number of fused-ring (bicyclic) bond motifs is 6. The van der Waals surface area contributed by atoms with E-state index in [1.807, 2.05) is 0 Å². The molecule has 14 aromatic carbocycles. The number of benzene rings is 14. The first kappa shape index (κ1) is 29.9. The highest BCUT2D eigenvalue weighted by molar-refractivity contribution is 6.44. The van der Waals surface area contributed by atoms with Crippen LogP contribution in [0.5, 0.6) is 0 Å². The zero-order valence-electron chi connectivity index (χ0n) is 31.6. The van der Waals surface area contributed by atoms with E-state index in [-0.39, 0.29) is 0 Å². The Morgan fingerprint density at radius 2 is 0.483 bits per heavy atom. The van der Waals surface area contributed by atoms with E-state index in [2.05, 4.69) is 170 Å². The Morgan fingerprint density at radius 1 is 0.190 bits per heavy atom. The van der Waals surface area contributed by atoms with E-state index >= 15 is 0 Å². The second-order valence-corrected chi connectivity index (χ2v) is 17.0. The van der Waals surface area contributed by atoms with Crippen molar-refractivity contribution in [2.45, 2.75) is 12.8 Å². The summed E-state index contributed by atoms with van der Waals surface area (Å²) in [7, 11) is 0. The van der Waals surface area contributed by atoms with Crippen molar-refractivity contribution in [1.82, 2.24) is 0 Å². The first-order valence-electron chi connectivity index (χ1n) is 20.7. The molecule has 0 nitrogen and oxygen atoms in total. The van der Waals surface area contributed by atoms with Gasteiger partial charge in [-0.05, 0) is 165 Å². The standard InChI is InChI=1S/C34H20.C24H12/c1-3-7-23-19(5-1)17-21-9-11-27-28-12-10-22-18-20-6-2-4-8-24(20)26-14-16-30(34(28)32(22)26)29-15-13-25(23)31(21)33(27)29;1-2-14-5-6-16-9-11-18-12-10-17-8-7-15-4-3-13(1)19-20(14)22(16)24(18)23(17)21(15)19/h1-16H,17-18H2;1-12H. The summed E-state index contributed by atoms with van der Waals surface area (Å²) >= 11 is 0. The van der Waals surface area contributed by atoms with E-state index in [1.165, 1.54) is 152 Å². The summed E-state index contributed by atoms with van der Waals surface area (Å²) in [5.74, 6) is 0. The molecule has 0 heterocycles. The Bertz CT molecular complexity index is 3510. The van der Waals surface area contributed by atoms with Crippen molar-refractivity contribution in [3.63, 3.8) is 0 Å². The van der Waals surface area contributed by atoms with Gasteiger partial charge in [-0.2, -0.15) is 0 Å². The van der Waals surface area contributed by atoms with Crippen molar-refractivity contribution in [3.8, 4) is 22.3 Å². The second-order valence-electron chi connectivity index (χ2n) is 17.0. The molecule has 0 N–H and O–H groups in total. The van der Waals surface area contributed by atoms with Crippen LogP contribution in [0.4, 0.5) is 0 Å². The fraction of sp³-hybridized carbons (Fsp3) is 0.0345. The van der Waals surface area contributed by atoms with Crippen LogP contribution < -0.4 is 0 Å². The Balaban J connectivity index is 0.000000118. The van der Waals surface area contributed by atoms with Crippen molar-refractivity contribution in [2.24, 2.45) is 0 Å². The van der Waals surface area contributed by atoms with Crippen LogP contribution in [-0.2, 0) is 12.8 Å². The molecule has 16 rings (SSSR count). The van der Waals surface area contributed by atoms with Gasteiger partial charge in [0, 0.05) is 0 Å². The van der Waals surface area contributed by atoms with Crippen LogP contribution in [0.15, 0.2) is 170 Å². The largest absolute Gasteiger partial charge is 0.0619 e. The molecule has 0 unspecified atom stereocenters. The lowest BCUT2D eigenvalue weighted by Gasteiger charge is -2.26. The van der Waals surface area contributed by atoms with E-state index < -0.39 is 0 Å². The molecule has 2 aliphatic carbocycles. The van der Waals surface area contributed by atoms with Gasteiger partial charge in [-0.25, -0.2) is 0 Å². The highest BCUT2D eigenvalue weighted by Crippen LogP contribution is 2.51. The van der Waals surface area contributed by atoms with Gasteiger partial charge in [-0.1, -0.05) is 170 Å². The molecule has 0 aliphatic heterocycles. The normalized spacial score (nSPS) is 13.4. The second kappa shape index (κ2) is 10.4. The average molecular weight is 729 g/mol. The smallest absolute Gasteiger partial charge is 0.00132 e. The van der Waals surface area contributed by atoms with Gasteiger partial charge in [0.15, 0.2) is 0 Å². The van der Waals surface area contributed by atoms with Crippen LogP contribution in [-0.4, -0.2) is 0 Å². The summed E-state index contributed by atoms with van der Waals surface area (Å²) in [5.41, 5.74) is 11.4. The fourth-order valence-corrected chi connectivity index (χ4v) is 12.0. The van der Waals surface area contributed by atoms with E-state index in [0.717, 1.165) is 12.8 Å². The molecule has 2 aliphatic rings. The van der Waals surface area contributed by atoms with Crippen molar-refractivity contribution in [2.75, 3.05) is 0 Å². The topological polar surface area (TPSA) is 0 Å². The molecule has 0 spiro atoms. The molecule has 0 radical (unpaired) electrons. The minimum Gasteiger partial charge on any atom is -0.0619 e. The Hall–Kier alpha value is -7.28. The lowest BCUT2D eigenvalue weighted by Crippen LogP contribution is -2.03. The quantitative estimate of drug-likeness (QED) is 0.108. The molecule has 0 heteroatoms. The van der Waals surface area contributed by atoms with Crippen LogP contribution >= 0.6 is 0 Å². The van der Waals surface area contributed by atoms with Crippen molar-refractivity contribution >= 4 is 108 Å². The molecule has 264 valence electrons. The van der Waals surface area contributed by atoms with Gasteiger partial charge in [-0.3, -0.25) is 0 Å². The minimum atomic E-state index is 1.01. The molecular formula is C58H32. The Morgan fingerprint density at radius 3 is 0.810 bits per heavy atom. The lowest BCUT2D eigenvalue weighted by molar-refractivity contribution is 1.20. The first-order valence-corrected chi connectivity index (χ1v) is 20.7. The Kier molecular flexibility index (Phi) is 5.35. The molecule has 0 amide bonds. The molecule has 58 heavy (non-hydrogen) atoms. The van der Waals surface area contributed by atoms with Crippen molar-refractivity contribution < 1.29 is 0 Å². The first-order chi connectivity index (χ1) is 28.8. The zero-order chi connectivity index (χ0) is 37.4. The van der Waals surface area contributed by atoms with Gasteiger partial charge in [-0.15, -0.1) is 0 Å². The predicted molar refractivity (Wildman–Crippen MR) is 249 cm³/mol. The maximum atomic E-state index is 2.39. The molecule has 0 atom stereocenters. The molecule has 0 saturated heterocycles. The number of rotatable bonds is 0. The summed E-state index contributed by atoms with van der Waals surface area (Å²) in [6.07, 6.45) is 2.03. The third kappa shape index (κ3) is 3.55. The molecular weight excluding hydrogens is 697 g/mol. The third-order valence-corrected chi connectivity index (χ3v) is 14.3. The molecule has 0 fully saturated rings. The van der Waals surface area contributed by atoms with Crippen LogP contribution in [0, 0.1) is 0 Å². The van der Waals surface area contributed by atoms with Crippen LogP contribution in [0.1, 0.15) is 22.3 Å². The van der Waals surface area contributed by atoms with Gasteiger partial charge in [0.1, 0.15) is 0 Å². The molecule has 0 saturated carbocycles. The predicted octanol–water partition coefficient (Wildman–Crippen LogP) is 15.8. The molecule has 0 aromatic heterocycles. The minimum absolute atomic E-state index is 1.01. The van der Waals surface area contributed by atoms with Gasteiger partial charge in [0.25, 0.3) is 0 Å². The summed E-state index contributed by atoms with van der Waals surface area (Å²) in [6, 6.07) is 64.2. The monoisotopic (exact) mass is 728 g/mol. The summed E-state index contributed by atoms with van der Waals surface area (Å²) < 4.78 is 0. The number of hydrogen-bond donors (Lipinski definition) is 0. The Labute approximate surface area is 333 Å². The molecule has 14 aromatic rings.